The van der Waals surface area contributed by atoms with Gasteiger partial charge in [0, 0.05) is 37.3 Å². The normalized spacial score (nSPS) is 17.9. The number of phenols is 1. The van der Waals surface area contributed by atoms with Crippen molar-refractivity contribution < 1.29 is 36.2 Å². The molecule has 1 amide bonds. The number of alkyl halides is 3. The SMILES string of the molecule is C=CC(=O)N1CC2CN(C(F)(F)F)c3c(c4cc(F)c(-c5c(O)cccc5F)c(F)c4n(-c4c(C)ccnc4C(C)C)c3=O)N2CC1C. The van der Waals surface area contributed by atoms with Gasteiger partial charge < -0.3 is 14.9 Å². The van der Waals surface area contributed by atoms with Crippen molar-refractivity contribution in [2.45, 2.75) is 52.0 Å². The Labute approximate surface area is 271 Å². The second-order valence-electron chi connectivity index (χ2n) is 12.4. The van der Waals surface area contributed by atoms with Crippen LogP contribution in [-0.2, 0) is 4.79 Å². The number of carbonyl (C=O) groups is 1. The zero-order valence-electron chi connectivity index (χ0n) is 26.4. The van der Waals surface area contributed by atoms with Gasteiger partial charge in [0.25, 0.3) is 5.56 Å². The summed E-state index contributed by atoms with van der Waals surface area (Å²) < 4.78 is 94.1. The lowest BCUT2D eigenvalue weighted by atomic mass is 9.95. The van der Waals surface area contributed by atoms with Gasteiger partial charge in [-0.25, -0.2) is 13.2 Å². The van der Waals surface area contributed by atoms with Crippen molar-refractivity contribution in [3.8, 4) is 22.6 Å². The van der Waals surface area contributed by atoms with E-state index < -0.39 is 93.2 Å². The van der Waals surface area contributed by atoms with Gasteiger partial charge in [-0.2, -0.15) is 13.2 Å². The minimum Gasteiger partial charge on any atom is -0.507 e. The van der Waals surface area contributed by atoms with E-state index in [0.717, 1.165) is 34.9 Å². The number of hydrogen-bond acceptors (Lipinski definition) is 6. The first-order chi connectivity index (χ1) is 22.6. The number of hydrogen-bond donors (Lipinski definition) is 1. The van der Waals surface area contributed by atoms with Crippen molar-refractivity contribution >= 4 is 28.2 Å². The van der Waals surface area contributed by atoms with Gasteiger partial charge in [0.2, 0.25) is 5.91 Å². The highest BCUT2D eigenvalue weighted by Gasteiger charge is 2.50. The van der Waals surface area contributed by atoms with Gasteiger partial charge in [0.1, 0.15) is 23.1 Å². The van der Waals surface area contributed by atoms with E-state index in [9.17, 15) is 27.9 Å². The second-order valence-corrected chi connectivity index (χ2v) is 12.4. The number of aryl methyl sites for hydroxylation is 1. The van der Waals surface area contributed by atoms with E-state index in [2.05, 4.69) is 11.6 Å². The van der Waals surface area contributed by atoms with Crippen LogP contribution in [0.1, 0.15) is 37.9 Å². The van der Waals surface area contributed by atoms with E-state index in [-0.39, 0.29) is 35.1 Å². The standard InChI is InChI=1S/C34H31F6N5O3/c1-6-24(47)42-14-19-15-44(34(38,39)40)32-31(43(19)13-18(42)5)20-12-22(36)26(25-21(35)8-7-9-23(25)46)27(37)30(20)45(33(32)48)29-17(4)10-11-41-28(29)16(2)3/h6-12,16,18-19,46H,1,13-15H2,2-5H3. The summed E-state index contributed by atoms with van der Waals surface area (Å²) in [5, 5.41) is 10.1. The molecule has 0 saturated carbocycles. The average Bonchev–Trinajstić information content (AvgIpc) is 3.01. The molecule has 1 saturated heterocycles. The summed E-state index contributed by atoms with van der Waals surface area (Å²) in [5.74, 6) is -5.73. The summed E-state index contributed by atoms with van der Waals surface area (Å²) in [6.07, 6.45) is -2.63. The number of halogens is 6. The predicted octanol–water partition coefficient (Wildman–Crippen LogP) is 6.54. The second kappa shape index (κ2) is 11.6. The van der Waals surface area contributed by atoms with Crippen LogP contribution in [0, 0.1) is 24.4 Å². The molecule has 252 valence electrons. The number of piperazine rings is 1. The van der Waals surface area contributed by atoms with Crippen LogP contribution in [0.15, 0.2) is 54.0 Å². The molecule has 2 aromatic carbocycles. The summed E-state index contributed by atoms with van der Waals surface area (Å²) in [7, 11) is 0. The lowest BCUT2D eigenvalue weighted by Crippen LogP contribution is -2.66. The molecule has 0 bridgehead atoms. The summed E-state index contributed by atoms with van der Waals surface area (Å²) in [6, 6.07) is 3.67. The predicted molar refractivity (Wildman–Crippen MR) is 169 cm³/mol. The molecular formula is C34H31F6N5O3. The average molecular weight is 672 g/mol. The first-order valence-corrected chi connectivity index (χ1v) is 15.2. The van der Waals surface area contributed by atoms with Crippen LogP contribution in [-0.4, -0.2) is 63.5 Å². The highest BCUT2D eigenvalue weighted by atomic mass is 19.4. The molecule has 0 radical (unpaired) electrons. The van der Waals surface area contributed by atoms with Gasteiger partial charge in [-0.1, -0.05) is 26.5 Å². The Morgan fingerprint density at radius 3 is 2.38 bits per heavy atom. The molecule has 0 spiro atoms. The van der Waals surface area contributed by atoms with Gasteiger partial charge in [-0.05, 0) is 55.7 Å². The molecule has 6 rings (SSSR count). The number of anilines is 2. The molecule has 1 N–H and O–H groups in total. The zero-order valence-corrected chi connectivity index (χ0v) is 26.4. The summed E-state index contributed by atoms with van der Waals surface area (Å²) in [6.45, 7) is 9.12. The van der Waals surface area contributed by atoms with Crippen molar-refractivity contribution in [1.29, 1.82) is 0 Å². The van der Waals surface area contributed by atoms with E-state index in [4.69, 9.17) is 0 Å². The van der Waals surface area contributed by atoms with Crippen LogP contribution in [0.25, 0.3) is 27.7 Å². The van der Waals surface area contributed by atoms with Crippen LogP contribution >= 0.6 is 0 Å². The third-order valence-corrected chi connectivity index (χ3v) is 9.02. The van der Waals surface area contributed by atoms with E-state index in [1.807, 2.05) is 0 Å². The van der Waals surface area contributed by atoms with Gasteiger partial charge in [-0.3, -0.25) is 24.0 Å². The molecule has 2 aliphatic rings. The molecule has 14 heteroatoms. The maximum atomic E-state index is 17.2. The van der Waals surface area contributed by atoms with Gasteiger partial charge in [0.15, 0.2) is 5.82 Å². The summed E-state index contributed by atoms with van der Waals surface area (Å²) >= 11 is 0. The lowest BCUT2D eigenvalue weighted by molar-refractivity contribution is -0.133. The smallest absolute Gasteiger partial charge is 0.485 e. The Balaban J connectivity index is 1.82. The minimum absolute atomic E-state index is 0.0153. The van der Waals surface area contributed by atoms with Gasteiger partial charge >= 0.3 is 6.30 Å². The van der Waals surface area contributed by atoms with Gasteiger partial charge in [0.05, 0.1) is 39.8 Å². The number of carbonyl (C=O) groups excluding carboxylic acids is 1. The molecule has 0 aliphatic carbocycles. The number of rotatable bonds is 4. The Kier molecular flexibility index (Phi) is 7.95. The Hall–Kier alpha value is -5.01. The molecule has 4 heterocycles. The van der Waals surface area contributed by atoms with Crippen molar-refractivity contribution in [2.24, 2.45) is 0 Å². The number of phenolic OH excluding ortho intramolecular Hbond substituents is 1. The van der Waals surface area contributed by atoms with E-state index in [1.54, 1.807) is 27.7 Å². The molecule has 48 heavy (non-hydrogen) atoms. The van der Waals surface area contributed by atoms with Crippen LogP contribution in [0.3, 0.4) is 0 Å². The van der Waals surface area contributed by atoms with Crippen molar-refractivity contribution in [3.63, 3.8) is 0 Å². The number of pyridine rings is 2. The van der Waals surface area contributed by atoms with Crippen molar-refractivity contribution in [1.82, 2.24) is 14.5 Å². The maximum absolute atomic E-state index is 17.2. The summed E-state index contributed by atoms with van der Waals surface area (Å²) in [5.41, 5.74) is -4.38. The quantitative estimate of drug-likeness (QED) is 0.151. The van der Waals surface area contributed by atoms with Crippen LogP contribution < -0.4 is 15.4 Å². The molecular weight excluding hydrogens is 640 g/mol. The Bertz CT molecular complexity index is 2040. The van der Waals surface area contributed by atoms with E-state index in [0.29, 0.717) is 5.56 Å². The first kappa shape index (κ1) is 32.9. The topological polar surface area (TPSA) is 81.9 Å². The van der Waals surface area contributed by atoms with Crippen LogP contribution in [0.5, 0.6) is 5.75 Å². The fraction of sp³-hybridized carbons (Fsp3) is 0.324. The number of benzene rings is 2. The van der Waals surface area contributed by atoms with Crippen molar-refractivity contribution in [3.05, 3.63) is 88.2 Å². The van der Waals surface area contributed by atoms with Crippen LogP contribution in [0.4, 0.5) is 37.7 Å². The number of aromatic nitrogens is 2. The van der Waals surface area contributed by atoms with Gasteiger partial charge in [-0.15, -0.1) is 0 Å². The third kappa shape index (κ3) is 4.96. The Morgan fingerprint density at radius 1 is 1.04 bits per heavy atom. The minimum atomic E-state index is -5.12. The van der Waals surface area contributed by atoms with E-state index >= 15 is 13.2 Å². The molecule has 8 nitrogen and oxygen atoms in total. The Morgan fingerprint density at radius 2 is 1.75 bits per heavy atom. The number of aromatic hydroxyl groups is 1. The number of amides is 1. The molecule has 1 fully saturated rings. The molecule has 4 aromatic rings. The molecule has 2 unspecified atom stereocenters. The highest BCUT2D eigenvalue weighted by Crippen LogP contribution is 2.48. The fourth-order valence-electron chi connectivity index (χ4n) is 6.89. The van der Waals surface area contributed by atoms with Crippen molar-refractivity contribution in [2.75, 3.05) is 29.4 Å². The molecule has 2 atom stereocenters. The number of nitrogens with zero attached hydrogens (tertiary/aromatic N) is 5. The number of fused-ring (bicyclic) bond motifs is 5. The lowest BCUT2D eigenvalue weighted by Gasteiger charge is -2.51. The van der Waals surface area contributed by atoms with Crippen LogP contribution in [0.2, 0.25) is 0 Å². The fourth-order valence-corrected chi connectivity index (χ4v) is 6.89. The third-order valence-electron chi connectivity index (χ3n) is 9.02. The summed E-state index contributed by atoms with van der Waals surface area (Å²) in [4.78, 5) is 34.5. The largest absolute Gasteiger partial charge is 0.507 e. The highest BCUT2D eigenvalue weighted by molar-refractivity contribution is 6.03. The molecule has 2 aromatic heterocycles. The zero-order chi connectivity index (χ0) is 35.0. The molecule has 2 aliphatic heterocycles. The monoisotopic (exact) mass is 671 g/mol. The first-order valence-electron chi connectivity index (χ1n) is 15.2. The maximum Gasteiger partial charge on any atom is 0.485 e. The van der Waals surface area contributed by atoms with E-state index in [1.165, 1.54) is 22.1 Å².